The molecule has 68 valence electrons. The van der Waals surface area contributed by atoms with Crippen LogP contribution in [0.1, 0.15) is 18.0 Å². The first-order chi connectivity index (χ1) is 6.27. The second-order valence-electron chi connectivity index (χ2n) is 2.74. The largest absolute Gasteiger partial charge is 0.497 e. The first-order valence-electron chi connectivity index (χ1n) is 4.04. The third kappa shape index (κ3) is 2.46. The first kappa shape index (κ1) is 9.56. The lowest BCUT2D eigenvalue weighted by Gasteiger charge is -2.07. The zero-order chi connectivity index (χ0) is 9.68. The summed E-state index contributed by atoms with van der Waals surface area (Å²) in [6, 6.07) is 9.27. The van der Waals surface area contributed by atoms with Crippen molar-refractivity contribution in [3.8, 4) is 11.8 Å². The van der Waals surface area contributed by atoms with Gasteiger partial charge in [-0.25, -0.2) is 0 Å². The summed E-state index contributed by atoms with van der Waals surface area (Å²) in [7, 11) is 1.62. The van der Waals surface area contributed by atoms with Crippen molar-refractivity contribution in [2.24, 2.45) is 5.73 Å². The summed E-state index contributed by atoms with van der Waals surface area (Å²) in [5.74, 6) is 0.799. The molecule has 3 heteroatoms. The molecule has 0 amide bonds. The van der Waals surface area contributed by atoms with Gasteiger partial charge in [-0.2, -0.15) is 5.26 Å². The lowest BCUT2D eigenvalue weighted by atomic mass is 10.1. The Bertz CT molecular complexity index is 300. The molecule has 2 N–H and O–H groups in total. The van der Waals surface area contributed by atoms with Gasteiger partial charge in [0.2, 0.25) is 0 Å². The molecule has 0 heterocycles. The van der Waals surface area contributed by atoms with Gasteiger partial charge in [0.05, 0.1) is 19.6 Å². The van der Waals surface area contributed by atoms with Crippen LogP contribution in [0.2, 0.25) is 0 Å². The molecular weight excluding hydrogens is 164 g/mol. The molecular formula is C10H12N2O. The van der Waals surface area contributed by atoms with Gasteiger partial charge in [-0.3, -0.25) is 0 Å². The van der Waals surface area contributed by atoms with E-state index in [4.69, 9.17) is 15.7 Å². The quantitative estimate of drug-likeness (QED) is 0.761. The summed E-state index contributed by atoms with van der Waals surface area (Å²) < 4.78 is 5.00. The fourth-order valence-corrected chi connectivity index (χ4v) is 1.07. The Morgan fingerprint density at radius 2 is 2.08 bits per heavy atom. The Morgan fingerprint density at radius 1 is 1.46 bits per heavy atom. The number of nitrogens with two attached hydrogens (primary N) is 1. The van der Waals surface area contributed by atoms with Gasteiger partial charge in [0.25, 0.3) is 0 Å². The number of nitrogens with zero attached hydrogens (tertiary/aromatic N) is 1. The van der Waals surface area contributed by atoms with Crippen LogP contribution in [0.5, 0.6) is 5.75 Å². The van der Waals surface area contributed by atoms with E-state index in [1.807, 2.05) is 30.3 Å². The van der Waals surface area contributed by atoms with E-state index in [0.29, 0.717) is 6.42 Å². The molecule has 0 bridgehead atoms. The number of rotatable bonds is 3. The van der Waals surface area contributed by atoms with Crippen LogP contribution >= 0.6 is 0 Å². The normalized spacial score (nSPS) is 11.8. The van der Waals surface area contributed by atoms with E-state index >= 15 is 0 Å². The van der Waals surface area contributed by atoms with Gasteiger partial charge < -0.3 is 10.5 Å². The van der Waals surface area contributed by atoms with Gasteiger partial charge in [0.15, 0.2) is 0 Å². The molecule has 0 saturated carbocycles. The number of methoxy groups -OCH3 is 1. The first-order valence-corrected chi connectivity index (χ1v) is 4.04. The highest BCUT2D eigenvalue weighted by Crippen LogP contribution is 2.17. The molecule has 1 atom stereocenters. The fraction of sp³-hybridized carbons (Fsp3) is 0.300. The van der Waals surface area contributed by atoms with Gasteiger partial charge in [-0.15, -0.1) is 0 Å². The van der Waals surface area contributed by atoms with Gasteiger partial charge in [-0.05, 0) is 17.7 Å². The van der Waals surface area contributed by atoms with Crippen LogP contribution in [-0.4, -0.2) is 7.11 Å². The molecule has 13 heavy (non-hydrogen) atoms. The molecule has 3 nitrogen and oxygen atoms in total. The van der Waals surface area contributed by atoms with Crippen LogP contribution in [0.3, 0.4) is 0 Å². The summed E-state index contributed by atoms with van der Waals surface area (Å²) >= 11 is 0. The standard InChI is InChI=1S/C10H12N2O/c1-13-9-4-2-8(3-5-9)10(12)6-7-11/h2-5,10H,6,12H2,1H3. The van der Waals surface area contributed by atoms with E-state index in [2.05, 4.69) is 0 Å². The third-order valence-corrected chi connectivity index (χ3v) is 1.86. The molecule has 0 saturated heterocycles. The fourth-order valence-electron chi connectivity index (χ4n) is 1.07. The molecule has 0 aliphatic heterocycles. The molecule has 1 unspecified atom stereocenters. The average molecular weight is 176 g/mol. The van der Waals surface area contributed by atoms with E-state index in [-0.39, 0.29) is 6.04 Å². The predicted octanol–water partition coefficient (Wildman–Crippen LogP) is 1.61. The highest BCUT2D eigenvalue weighted by atomic mass is 16.5. The molecule has 0 aromatic heterocycles. The monoisotopic (exact) mass is 176 g/mol. The molecule has 1 rings (SSSR count). The number of hydrogen-bond acceptors (Lipinski definition) is 3. The Morgan fingerprint density at radius 3 is 2.54 bits per heavy atom. The average Bonchev–Trinajstić information content (AvgIpc) is 2.18. The summed E-state index contributed by atoms with van der Waals surface area (Å²) in [4.78, 5) is 0. The lowest BCUT2D eigenvalue weighted by molar-refractivity contribution is 0.414. The van der Waals surface area contributed by atoms with Crippen molar-refractivity contribution in [2.75, 3.05) is 7.11 Å². The lowest BCUT2D eigenvalue weighted by Crippen LogP contribution is -2.08. The molecule has 0 aliphatic rings. The Kier molecular flexibility index (Phi) is 3.30. The van der Waals surface area contributed by atoms with E-state index in [9.17, 15) is 0 Å². The molecule has 0 aliphatic carbocycles. The van der Waals surface area contributed by atoms with Crippen molar-refractivity contribution < 1.29 is 4.74 Å². The number of nitriles is 1. The van der Waals surface area contributed by atoms with Crippen LogP contribution in [0.15, 0.2) is 24.3 Å². The minimum absolute atomic E-state index is 0.198. The van der Waals surface area contributed by atoms with Crippen LogP contribution in [0.25, 0.3) is 0 Å². The minimum atomic E-state index is -0.198. The van der Waals surface area contributed by atoms with Crippen molar-refractivity contribution in [2.45, 2.75) is 12.5 Å². The van der Waals surface area contributed by atoms with Gasteiger partial charge in [0.1, 0.15) is 5.75 Å². The second-order valence-corrected chi connectivity index (χ2v) is 2.74. The van der Waals surface area contributed by atoms with Crippen LogP contribution in [-0.2, 0) is 0 Å². The highest BCUT2D eigenvalue weighted by molar-refractivity contribution is 5.29. The van der Waals surface area contributed by atoms with Crippen molar-refractivity contribution in [1.82, 2.24) is 0 Å². The zero-order valence-electron chi connectivity index (χ0n) is 7.53. The Balaban J connectivity index is 2.74. The smallest absolute Gasteiger partial charge is 0.118 e. The van der Waals surface area contributed by atoms with Crippen LogP contribution < -0.4 is 10.5 Å². The number of benzene rings is 1. The van der Waals surface area contributed by atoms with E-state index in [1.165, 1.54) is 0 Å². The number of ether oxygens (including phenoxy) is 1. The second kappa shape index (κ2) is 4.48. The Labute approximate surface area is 77.7 Å². The van der Waals surface area contributed by atoms with Crippen molar-refractivity contribution in [3.05, 3.63) is 29.8 Å². The Hall–Kier alpha value is -1.53. The van der Waals surface area contributed by atoms with Crippen molar-refractivity contribution in [3.63, 3.8) is 0 Å². The molecule has 1 aromatic carbocycles. The zero-order valence-corrected chi connectivity index (χ0v) is 7.53. The van der Waals surface area contributed by atoms with Gasteiger partial charge >= 0.3 is 0 Å². The maximum absolute atomic E-state index is 8.44. The van der Waals surface area contributed by atoms with E-state index in [1.54, 1.807) is 7.11 Å². The molecule has 0 spiro atoms. The predicted molar refractivity (Wildman–Crippen MR) is 50.2 cm³/mol. The summed E-state index contributed by atoms with van der Waals surface area (Å²) in [6.07, 6.45) is 0.340. The SMILES string of the molecule is COc1ccc(C(N)CC#N)cc1. The van der Waals surface area contributed by atoms with Crippen molar-refractivity contribution in [1.29, 1.82) is 5.26 Å². The van der Waals surface area contributed by atoms with E-state index in [0.717, 1.165) is 11.3 Å². The minimum Gasteiger partial charge on any atom is -0.497 e. The van der Waals surface area contributed by atoms with Gasteiger partial charge in [0, 0.05) is 6.04 Å². The summed E-state index contributed by atoms with van der Waals surface area (Å²) in [5, 5.41) is 8.44. The maximum atomic E-state index is 8.44. The molecule has 0 fully saturated rings. The summed E-state index contributed by atoms with van der Waals surface area (Å²) in [6.45, 7) is 0. The van der Waals surface area contributed by atoms with Crippen LogP contribution in [0.4, 0.5) is 0 Å². The van der Waals surface area contributed by atoms with Crippen LogP contribution in [0, 0.1) is 11.3 Å². The van der Waals surface area contributed by atoms with Crippen molar-refractivity contribution >= 4 is 0 Å². The van der Waals surface area contributed by atoms with E-state index < -0.39 is 0 Å². The summed E-state index contributed by atoms with van der Waals surface area (Å²) in [5.41, 5.74) is 6.69. The third-order valence-electron chi connectivity index (χ3n) is 1.86. The molecule has 1 aromatic rings. The highest BCUT2D eigenvalue weighted by Gasteiger charge is 2.04. The molecule has 0 radical (unpaired) electrons. The maximum Gasteiger partial charge on any atom is 0.118 e. The van der Waals surface area contributed by atoms with Gasteiger partial charge in [-0.1, -0.05) is 12.1 Å². The number of hydrogen-bond donors (Lipinski definition) is 1. The topological polar surface area (TPSA) is 59.0 Å².